The van der Waals surface area contributed by atoms with Crippen LogP contribution in [0.5, 0.6) is 0 Å². The second-order valence-electron chi connectivity index (χ2n) is 7.61. The molecule has 0 aliphatic heterocycles. The van der Waals surface area contributed by atoms with E-state index in [9.17, 15) is 8.42 Å². The van der Waals surface area contributed by atoms with E-state index in [2.05, 4.69) is 28.2 Å². The normalized spacial score (nSPS) is 12.1. The van der Waals surface area contributed by atoms with Crippen LogP contribution in [0.15, 0.2) is 67.0 Å². The first-order valence-corrected chi connectivity index (χ1v) is 11.7. The zero-order valence-electron chi connectivity index (χ0n) is 16.9. The molecule has 5 aromatic rings. The Morgan fingerprint density at radius 2 is 1.77 bits per heavy atom. The summed E-state index contributed by atoms with van der Waals surface area (Å²) in [5.74, 6) is -0.137. The Bertz CT molecular complexity index is 1550. The van der Waals surface area contributed by atoms with Crippen molar-refractivity contribution < 1.29 is 8.42 Å². The van der Waals surface area contributed by atoms with Gasteiger partial charge >= 0.3 is 0 Å². The smallest absolute Gasteiger partial charge is 0.244 e. The molecule has 3 heterocycles. The number of halogens is 1. The van der Waals surface area contributed by atoms with Gasteiger partial charge in [-0.05, 0) is 42.3 Å². The van der Waals surface area contributed by atoms with Gasteiger partial charge in [0.2, 0.25) is 15.3 Å². The molecule has 0 aliphatic rings. The van der Waals surface area contributed by atoms with Crippen LogP contribution in [0.25, 0.3) is 33.2 Å². The van der Waals surface area contributed by atoms with Crippen LogP contribution in [0, 0.1) is 6.92 Å². The van der Waals surface area contributed by atoms with Crippen LogP contribution in [-0.4, -0.2) is 26.9 Å². The molecular weight excluding hydrogens is 432 g/mol. The molecule has 8 heteroatoms. The molecule has 0 unspecified atom stereocenters. The van der Waals surface area contributed by atoms with Gasteiger partial charge in [0.05, 0.1) is 11.4 Å². The Hall–Kier alpha value is -3.16. The highest BCUT2D eigenvalue weighted by Crippen LogP contribution is 2.35. The SMILES string of the molecule is Cc1ccc2c(c1)c(-c1nc(Cl)nc3c1ccn3S(=O)(=O)Cc1ccccc1)cn2C. The maximum absolute atomic E-state index is 13.2. The molecule has 6 nitrogen and oxygen atoms in total. The lowest BCUT2D eigenvalue weighted by Gasteiger charge is -2.08. The Morgan fingerprint density at radius 1 is 1.00 bits per heavy atom. The average Bonchev–Trinajstić information content (AvgIpc) is 3.29. The highest BCUT2D eigenvalue weighted by atomic mass is 35.5. The summed E-state index contributed by atoms with van der Waals surface area (Å²) in [6, 6.07) is 17.0. The van der Waals surface area contributed by atoms with Crippen LogP contribution in [0.3, 0.4) is 0 Å². The quantitative estimate of drug-likeness (QED) is 0.364. The maximum Gasteiger partial charge on any atom is 0.244 e. The van der Waals surface area contributed by atoms with Crippen molar-refractivity contribution in [2.24, 2.45) is 7.05 Å². The molecule has 5 rings (SSSR count). The standard InChI is InChI=1S/C23H19ClN4O2S/c1-15-8-9-20-18(12-15)19(13-27(20)2)21-17-10-11-28(22(17)26-23(24)25-21)31(29,30)14-16-6-4-3-5-7-16/h3-13H,14H2,1-2H3. The van der Waals surface area contributed by atoms with Crippen molar-refractivity contribution in [3.63, 3.8) is 0 Å². The molecule has 0 atom stereocenters. The highest BCUT2D eigenvalue weighted by molar-refractivity contribution is 7.89. The summed E-state index contributed by atoms with van der Waals surface area (Å²) in [7, 11) is -1.72. The first-order chi connectivity index (χ1) is 14.8. The minimum atomic E-state index is -3.69. The van der Waals surface area contributed by atoms with Crippen LogP contribution >= 0.6 is 11.6 Å². The minimum absolute atomic E-state index is 0.00187. The summed E-state index contributed by atoms with van der Waals surface area (Å²) < 4.78 is 29.5. The lowest BCUT2D eigenvalue weighted by molar-refractivity contribution is 0.588. The summed E-state index contributed by atoms with van der Waals surface area (Å²) in [6.45, 7) is 2.03. The third-order valence-corrected chi connectivity index (χ3v) is 7.14. The highest BCUT2D eigenvalue weighted by Gasteiger charge is 2.22. The summed E-state index contributed by atoms with van der Waals surface area (Å²) in [4.78, 5) is 8.74. The molecule has 0 amide bonds. The monoisotopic (exact) mass is 450 g/mol. The van der Waals surface area contributed by atoms with E-state index in [0.29, 0.717) is 16.6 Å². The number of rotatable bonds is 4. The largest absolute Gasteiger partial charge is 0.350 e. The Labute approximate surface area is 184 Å². The van der Waals surface area contributed by atoms with Gasteiger partial charge in [0, 0.05) is 41.3 Å². The minimum Gasteiger partial charge on any atom is -0.350 e. The van der Waals surface area contributed by atoms with Gasteiger partial charge in [-0.15, -0.1) is 0 Å². The number of nitrogens with zero attached hydrogens (tertiary/aromatic N) is 4. The molecule has 156 valence electrons. The van der Waals surface area contributed by atoms with E-state index in [1.54, 1.807) is 18.2 Å². The van der Waals surface area contributed by atoms with Crippen molar-refractivity contribution in [1.29, 1.82) is 0 Å². The van der Waals surface area contributed by atoms with Crippen molar-refractivity contribution in [2.75, 3.05) is 0 Å². The van der Waals surface area contributed by atoms with Crippen molar-refractivity contribution in [3.05, 3.63) is 83.4 Å². The molecule has 0 N–H and O–H groups in total. The maximum atomic E-state index is 13.2. The van der Waals surface area contributed by atoms with Gasteiger partial charge in [0.1, 0.15) is 0 Å². The van der Waals surface area contributed by atoms with E-state index in [1.165, 1.54) is 10.2 Å². The van der Waals surface area contributed by atoms with Crippen LogP contribution < -0.4 is 0 Å². The summed E-state index contributed by atoms with van der Waals surface area (Å²) in [6.07, 6.45) is 3.51. The van der Waals surface area contributed by atoms with Crippen LogP contribution in [0.2, 0.25) is 5.28 Å². The van der Waals surface area contributed by atoms with Gasteiger partial charge in [-0.1, -0.05) is 42.0 Å². The predicted octanol–water partition coefficient (Wildman–Crippen LogP) is 4.93. The molecule has 0 saturated heterocycles. The van der Waals surface area contributed by atoms with Gasteiger partial charge in [0.15, 0.2) is 5.65 Å². The molecule has 0 bridgehead atoms. The third kappa shape index (κ3) is 3.40. The number of aryl methyl sites for hydroxylation is 2. The molecule has 0 fully saturated rings. The van der Waals surface area contributed by atoms with Crippen molar-refractivity contribution in [2.45, 2.75) is 12.7 Å². The fourth-order valence-corrected chi connectivity index (χ4v) is 5.51. The third-order valence-electron chi connectivity index (χ3n) is 5.38. The predicted molar refractivity (Wildman–Crippen MR) is 124 cm³/mol. The second kappa shape index (κ2) is 7.21. The number of hydrogen-bond donors (Lipinski definition) is 0. The first kappa shape index (κ1) is 19.8. The Kier molecular flexibility index (Phi) is 4.60. The van der Waals surface area contributed by atoms with E-state index in [4.69, 9.17) is 11.6 Å². The molecule has 3 aromatic heterocycles. The summed E-state index contributed by atoms with van der Waals surface area (Å²) in [5, 5.41) is 1.66. The van der Waals surface area contributed by atoms with Crippen molar-refractivity contribution >= 4 is 43.6 Å². The number of fused-ring (bicyclic) bond motifs is 2. The first-order valence-electron chi connectivity index (χ1n) is 9.71. The molecule has 0 spiro atoms. The Morgan fingerprint density at radius 3 is 2.55 bits per heavy atom. The lowest BCUT2D eigenvalue weighted by atomic mass is 10.1. The number of benzene rings is 2. The summed E-state index contributed by atoms with van der Waals surface area (Å²) >= 11 is 6.26. The van der Waals surface area contributed by atoms with Crippen LogP contribution in [0.4, 0.5) is 0 Å². The molecule has 0 radical (unpaired) electrons. The molecular formula is C23H19ClN4O2S. The molecule has 31 heavy (non-hydrogen) atoms. The van der Waals surface area contributed by atoms with Gasteiger partial charge in [-0.3, -0.25) is 0 Å². The molecule has 0 saturated carbocycles. The van der Waals surface area contributed by atoms with E-state index in [0.717, 1.165) is 22.0 Å². The van der Waals surface area contributed by atoms with Gasteiger partial charge in [-0.2, -0.15) is 4.98 Å². The van der Waals surface area contributed by atoms with E-state index in [-0.39, 0.29) is 16.7 Å². The average molecular weight is 451 g/mol. The zero-order chi connectivity index (χ0) is 21.8. The van der Waals surface area contributed by atoms with Crippen LogP contribution in [-0.2, 0) is 22.8 Å². The zero-order valence-corrected chi connectivity index (χ0v) is 18.5. The fraction of sp³-hybridized carbons (Fsp3) is 0.130. The second-order valence-corrected chi connectivity index (χ2v) is 9.79. The van der Waals surface area contributed by atoms with E-state index in [1.807, 2.05) is 42.9 Å². The Balaban J connectivity index is 1.72. The van der Waals surface area contributed by atoms with Gasteiger partial charge in [-0.25, -0.2) is 17.4 Å². The lowest BCUT2D eigenvalue weighted by Crippen LogP contribution is -2.14. The van der Waals surface area contributed by atoms with E-state index >= 15 is 0 Å². The van der Waals surface area contributed by atoms with Gasteiger partial charge in [0.25, 0.3) is 0 Å². The number of hydrogen-bond acceptors (Lipinski definition) is 4. The molecule has 0 aliphatic carbocycles. The topological polar surface area (TPSA) is 69.8 Å². The van der Waals surface area contributed by atoms with Crippen molar-refractivity contribution in [1.82, 2.24) is 18.5 Å². The summed E-state index contributed by atoms with van der Waals surface area (Å²) in [5.41, 5.74) is 4.65. The van der Waals surface area contributed by atoms with Gasteiger partial charge < -0.3 is 4.57 Å². The molecule has 2 aromatic carbocycles. The van der Waals surface area contributed by atoms with E-state index < -0.39 is 10.0 Å². The van der Waals surface area contributed by atoms with Crippen LogP contribution in [0.1, 0.15) is 11.1 Å². The fourth-order valence-electron chi connectivity index (χ4n) is 3.94. The number of aromatic nitrogens is 4. The van der Waals surface area contributed by atoms with Crippen molar-refractivity contribution in [3.8, 4) is 11.3 Å².